The summed E-state index contributed by atoms with van der Waals surface area (Å²) in [5, 5.41) is 11.4. The van der Waals surface area contributed by atoms with Gasteiger partial charge in [0.1, 0.15) is 0 Å². The summed E-state index contributed by atoms with van der Waals surface area (Å²) in [6.45, 7) is 7.27. The zero-order chi connectivity index (χ0) is 13.1. The number of amides is 2. The number of hydrogen-bond donors (Lipinski definition) is 2. The Morgan fingerprint density at radius 2 is 2.06 bits per heavy atom. The number of carboxylic acid groups (broad SMARTS) is 1. The molecule has 1 saturated heterocycles. The predicted molar refractivity (Wildman–Crippen MR) is 61.8 cm³/mol. The van der Waals surface area contributed by atoms with Crippen molar-refractivity contribution in [2.24, 2.45) is 5.92 Å². The normalized spacial score (nSPS) is 16.5. The Balaban J connectivity index is 2.25. The number of aliphatic carboxylic acids is 1. The molecule has 0 aromatic carbocycles. The third-order valence-electron chi connectivity index (χ3n) is 2.72. The summed E-state index contributed by atoms with van der Waals surface area (Å²) < 4.78 is 5.44. The van der Waals surface area contributed by atoms with Crippen LogP contribution in [-0.2, 0) is 9.53 Å². The summed E-state index contributed by atoms with van der Waals surface area (Å²) in [5.74, 6) is -1.26. The molecule has 0 saturated carbocycles. The number of carbonyl (C=O) groups excluding carboxylic acids is 1. The largest absolute Gasteiger partial charge is 0.481 e. The second-order valence-electron chi connectivity index (χ2n) is 4.79. The van der Waals surface area contributed by atoms with Gasteiger partial charge in [0.05, 0.1) is 11.5 Å². The molecule has 1 rings (SSSR count). The van der Waals surface area contributed by atoms with Gasteiger partial charge in [0, 0.05) is 26.2 Å². The third kappa shape index (κ3) is 3.89. The van der Waals surface area contributed by atoms with Crippen molar-refractivity contribution < 1.29 is 19.4 Å². The fraction of sp³-hybridized carbons (Fsp3) is 0.818. The number of ether oxygens (including phenoxy) is 1. The summed E-state index contributed by atoms with van der Waals surface area (Å²) in [6, 6.07) is -0.227. The summed E-state index contributed by atoms with van der Waals surface area (Å²) in [4.78, 5) is 23.7. The van der Waals surface area contributed by atoms with Crippen molar-refractivity contribution in [2.75, 3.05) is 26.2 Å². The number of carbonyl (C=O) groups is 2. The molecule has 2 N–H and O–H groups in total. The minimum atomic E-state index is -0.844. The van der Waals surface area contributed by atoms with Gasteiger partial charge in [0.2, 0.25) is 0 Å². The molecule has 1 aliphatic heterocycles. The van der Waals surface area contributed by atoms with E-state index in [-0.39, 0.29) is 19.1 Å². The van der Waals surface area contributed by atoms with E-state index in [1.54, 1.807) is 0 Å². The first-order chi connectivity index (χ1) is 7.85. The van der Waals surface area contributed by atoms with Crippen molar-refractivity contribution >= 4 is 12.0 Å². The summed E-state index contributed by atoms with van der Waals surface area (Å²) in [7, 11) is 0. The van der Waals surface area contributed by atoms with Gasteiger partial charge in [-0.25, -0.2) is 4.79 Å². The Kier molecular flexibility index (Phi) is 4.34. The first kappa shape index (κ1) is 13.8. The monoisotopic (exact) mass is 244 g/mol. The molecule has 1 aliphatic rings. The van der Waals surface area contributed by atoms with E-state index in [4.69, 9.17) is 9.84 Å². The molecule has 0 aromatic rings. The SMILES string of the molecule is CCOC(C)(C)CNC(=O)N1CC(C(=O)O)C1. The van der Waals surface area contributed by atoms with E-state index >= 15 is 0 Å². The fourth-order valence-electron chi connectivity index (χ4n) is 1.64. The molecule has 98 valence electrons. The highest BCUT2D eigenvalue weighted by molar-refractivity contribution is 5.79. The molecule has 6 nitrogen and oxygen atoms in total. The molecule has 2 amide bonds. The molecule has 17 heavy (non-hydrogen) atoms. The van der Waals surface area contributed by atoms with Crippen molar-refractivity contribution in [3.8, 4) is 0 Å². The smallest absolute Gasteiger partial charge is 0.317 e. The van der Waals surface area contributed by atoms with Crippen molar-refractivity contribution in [1.29, 1.82) is 0 Å². The quantitative estimate of drug-likeness (QED) is 0.739. The van der Waals surface area contributed by atoms with Crippen LogP contribution >= 0.6 is 0 Å². The van der Waals surface area contributed by atoms with Crippen LogP contribution < -0.4 is 5.32 Å². The first-order valence-electron chi connectivity index (χ1n) is 5.75. The van der Waals surface area contributed by atoms with Gasteiger partial charge in [-0.2, -0.15) is 0 Å². The average Bonchev–Trinajstić information content (AvgIpc) is 2.11. The highest BCUT2D eigenvalue weighted by Crippen LogP contribution is 2.15. The second-order valence-corrected chi connectivity index (χ2v) is 4.79. The predicted octanol–water partition coefficient (Wildman–Crippen LogP) is 0.527. The van der Waals surface area contributed by atoms with Crippen LogP contribution in [0.25, 0.3) is 0 Å². The second kappa shape index (κ2) is 5.35. The molecule has 1 fully saturated rings. The maximum atomic E-state index is 11.6. The van der Waals surface area contributed by atoms with Crippen LogP contribution in [0.1, 0.15) is 20.8 Å². The molecule has 0 aromatic heterocycles. The lowest BCUT2D eigenvalue weighted by atomic mass is 10.0. The highest BCUT2D eigenvalue weighted by atomic mass is 16.5. The summed E-state index contributed by atoms with van der Waals surface area (Å²) in [5.41, 5.74) is -0.401. The van der Waals surface area contributed by atoms with E-state index in [1.165, 1.54) is 4.90 Å². The van der Waals surface area contributed by atoms with Crippen LogP contribution in [-0.4, -0.2) is 53.8 Å². The lowest BCUT2D eigenvalue weighted by molar-refractivity contribution is -0.146. The number of urea groups is 1. The van der Waals surface area contributed by atoms with Gasteiger partial charge in [0.15, 0.2) is 0 Å². The number of rotatable bonds is 5. The van der Waals surface area contributed by atoms with Gasteiger partial charge in [-0.1, -0.05) is 0 Å². The van der Waals surface area contributed by atoms with Gasteiger partial charge in [-0.15, -0.1) is 0 Å². The Morgan fingerprint density at radius 1 is 1.47 bits per heavy atom. The highest BCUT2D eigenvalue weighted by Gasteiger charge is 2.35. The van der Waals surface area contributed by atoms with E-state index in [0.29, 0.717) is 13.2 Å². The summed E-state index contributed by atoms with van der Waals surface area (Å²) >= 11 is 0. The van der Waals surface area contributed by atoms with Crippen molar-refractivity contribution in [1.82, 2.24) is 10.2 Å². The first-order valence-corrected chi connectivity index (χ1v) is 5.75. The van der Waals surface area contributed by atoms with Gasteiger partial charge in [-0.05, 0) is 20.8 Å². The molecule has 0 aliphatic carbocycles. The number of nitrogens with zero attached hydrogens (tertiary/aromatic N) is 1. The lowest BCUT2D eigenvalue weighted by Crippen LogP contribution is -2.57. The van der Waals surface area contributed by atoms with Crippen LogP contribution in [0, 0.1) is 5.92 Å². The summed E-state index contributed by atoms with van der Waals surface area (Å²) in [6.07, 6.45) is 0. The van der Waals surface area contributed by atoms with E-state index in [1.807, 2.05) is 20.8 Å². The zero-order valence-electron chi connectivity index (χ0n) is 10.5. The van der Waals surface area contributed by atoms with Crippen LogP contribution in [0.3, 0.4) is 0 Å². The molecule has 0 radical (unpaired) electrons. The molecule has 0 unspecified atom stereocenters. The maximum absolute atomic E-state index is 11.6. The lowest BCUT2D eigenvalue weighted by Gasteiger charge is -2.37. The average molecular weight is 244 g/mol. The maximum Gasteiger partial charge on any atom is 0.317 e. The van der Waals surface area contributed by atoms with Crippen molar-refractivity contribution in [3.63, 3.8) is 0 Å². The molecule has 1 heterocycles. The molecule has 0 spiro atoms. The number of hydrogen-bond acceptors (Lipinski definition) is 3. The minimum absolute atomic E-state index is 0.227. The third-order valence-corrected chi connectivity index (χ3v) is 2.72. The standard InChI is InChI=1S/C11H20N2O4/c1-4-17-11(2,3)7-12-10(16)13-5-8(6-13)9(14)15/h8H,4-7H2,1-3H3,(H,12,16)(H,14,15). The molecule has 0 atom stereocenters. The van der Waals surface area contributed by atoms with Gasteiger partial charge >= 0.3 is 12.0 Å². The van der Waals surface area contributed by atoms with E-state index in [0.717, 1.165) is 0 Å². The van der Waals surface area contributed by atoms with Crippen LogP contribution in [0.2, 0.25) is 0 Å². The Hall–Kier alpha value is -1.30. The molecular weight excluding hydrogens is 224 g/mol. The van der Waals surface area contributed by atoms with Crippen molar-refractivity contribution in [3.05, 3.63) is 0 Å². The molecule has 0 bridgehead atoms. The van der Waals surface area contributed by atoms with Gasteiger partial charge < -0.3 is 20.1 Å². The van der Waals surface area contributed by atoms with E-state index < -0.39 is 17.5 Å². The number of likely N-dealkylation sites (tertiary alicyclic amines) is 1. The topological polar surface area (TPSA) is 78.9 Å². The van der Waals surface area contributed by atoms with E-state index in [9.17, 15) is 9.59 Å². The number of nitrogens with one attached hydrogen (secondary N) is 1. The Labute approximate surface area is 101 Å². The van der Waals surface area contributed by atoms with Crippen LogP contribution in [0.15, 0.2) is 0 Å². The number of carboxylic acids is 1. The fourth-order valence-corrected chi connectivity index (χ4v) is 1.64. The molecular formula is C11H20N2O4. The molecule has 6 heteroatoms. The van der Waals surface area contributed by atoms with Gasteiger partial charge in [-0.3, -0.25) is 4.79 Å². The van der Waals surface area contributed by atoms with E-state index in [2.05, 4.69) is 5.32 Å². The minimum Gasteiger partial charge on any atom is -0.481 e. The van der Waals surface area contributed by atoms with Crippen molar-refractivity contribution in [2.45, 2.75) is 26.4 Å². The van der Waals surface area contributed by atoms with Gasteiger partial charge in [0.25, 0.3) is 0 Å². The van der Waals surface area contributed by atoms with Crippen LogP contribution in [0.4, 0.5) is 4.79 Å². The van der Waals surface area contributed by atoms with Crippen LogP contribution in [0.5, 0.6) is 0 Å². The Bertz CT molecular complexity index is 298. The Morgan fingerprint density at radius 3 is 2.53 bits per heavy atom. The zero-order valence-corrected chi connectivity index (χ0v) is 10.5.